The SMILES string of the molecule is c1nc2c(c(OC3CCCNC3)n1)CCC2. The van der Waals surface area contributed by atoms with E-state index in [9.17, 15) is 0 Å². The molecule has 0 radical (unpaired) electrons. The monoisotopic (exact) mass is 219 g/mol. The number of nitrogens with one attached hydrogen (secondary N) is 1. The summed E-state index contributed by atoms with van der Waals surface area (Å²) in [6.45, 7) is 2.06. The molecule has 86 valence electrons. The van der Waals surface area contributed by atoms with Crippen LogP contribution in [-0.2, 0) is 12.8 Å². The van der Waals surface area contributed by atoms with Crippen LogP contribution in [0.1, 0.15) is 30.5 Å². The van der Waals surface area contributed by atoms with Crippen molar-refractivity contribution in [3.8, 4) is 5.88 Å². The second kappa shape index (κ2) is 4.37. The van der Waals surface area contributed by atoms with Gasteiger partial charge in [-0.15, -0.1) is 0 Å². The van der Waals surface area contributed by atoms with Crippen molar-refractivity contribution in [1.29, 1.82) is 0 Å². The number of aryl methyl sites for hydroxylation is 1. The zero-order chi connectivity index (χ0) is 10.8. The van der Waals surface area contributed by atoms with E-state index in [1.165, 1.54) is 24.1 Å². The van der Waals surface area contributed by atoms with Crippen molar-refractivity contribution in [1.82, 2.24) is 15.3 Å². The van der Waals surface area contributed by atoms with Crippen LogP contribution in [-0.4, -0.2) is 29.2 Å². The van der Waals surface area contributed by atoms with E-state index >= 15 is 0 Å². The molecule has 4 nitrogen and oxygen atoms in total. The van der Waals surface area contributed by atoms with E-state index < -0.39 is 0 Å². The summed E-state index contributed by atoms with van der Waals surface area (Å²) >= 11 is 0. The first-order valence-electron chi connectivity index (χ1n) is 6.13. The number of hydrogen-bond acceptors (Lipinski definition) is 4. The molecule has 2 heterocycles. The number of nitrogens with zero attached hydrogens (tertiary/aromatic N) is 2. The van der Waals surface area contributed by atoms with E-state index in [-0.39, 0.29) is 6.10 Å². The van der Waals surface area contributed by atoms with Crippen molar-refractivity contribution in [2.24, 2.45) is 0 Å². The van der Waals surface area contributed by atoms with Crippen LogP contribution in [0.15, 0.2) is 6.33 Å². The van der Waals surface area contributed by atoms with Crippen molar-refractivity contribution in [2.75, 3.05) is 13.1 Å². The summed E-state index contributed by atoms with van der Waals surface area (Å²) in [7, 11) is 0. The maximum atomic E-state index is 5.98. The maximum absolute atomic E-state index is 5.98. The van der Waals surface area contributed by atoms with Crippen LogP contribution in [0.4, 0.5) is 0 Å². The fraction of sp³-hybridized carbons (Fsp3) is 0.667. The molecule has 16 heavy (non-hydrogen) atoms. The molecule has 1 aliphatic heterocycles. The molecule has 0 bridgehead atoms. The van der Waals surface area contributed by atoms with Crippen LogP contribution in [0, 0.1) is 0 Å². The molecule has 1 unspecified atom stereocenters. The van der Waals surface area contributed by atoms with Gasteiger partial charge in [-0.3, -0.25) is 0 Å². The van der Waals surface area contributed by atoms with Crippen molar-refractivity contribution in [3.05, 3.63) is 17.6 Å². The van der Waals surface area contributed by atoms with Crippen LogP contribution in [0.25, 0.3) is 0 Å². The molecule has 0 spiro atoms. The molecule has 1 aromatic rings. The van der Waals surface area contributed by atoms with E-state index in [0.717, 1.165) is 38.2 Å². The Morgan fingerprint density at radius 2 is 2.25 bits per heavy atom. The Kier molecular flexibility index (Phi) is 2.74. The molecule has 2 aliphatic rings. The highest BCUT2D eigenvalue weighted by Crippen LogP contribution is 2.27. The number of fused-ring (bicyclic) bond motifs is 1. The molecular weight excluding hydrogens is 202 g/mol. The van der Waals surface area contributed by atoms with Crippen molar-refractivity contribution >= 4 is 0 Å². The van der Waals surface area contributed by atoms with Gasteiger partial charge >= 0.3 is 0 Å². The topological polar surface area (TPSA) is 47.0 Å². The summed E-state index contributed by atoms with van der Waals surface area (Å²) in [5.74, 6) is 0.830. The first kappa shape index (κ1) is 10.0. The third-order valence-corrected chi connectivity index (χ3v) is 3.37. The highest BCUT2D eigenvalue weighted by atomic mass is 16.5. The summed E-state index contributed by atoms with van der Waals surface area (Å²) in [4.78, 5) is 8.59. The fourth-order valence-electron chi connectivity index (χ4n) is 2.51. The van der Waals surface area contributed by atoms with E-state index in [1.54, 1.807) is 6.33 Å². The number of aromatic nitrogens is 2. The van der Waals surface area contributed by atoms with Gasteiger partial charge in [-0.05, 0) is 38.6 Å². The van der Waals surface area contributed by atoms with Crippen LogP contribution in [0.3, 0.4) is 0 Å². The fourth-order valence-corrected chi connectivity index (χ4v) is 2.51. The zero-order valence-electron chi connectivity index (χ0n) is 9.41. The minimum absolute atomic E-state index is 0.286. The van der Waals surface area contributed by atoms with Crippen molar-refractivity contribution < 1.29 is 4.74 Å². The molecule has 4 heteroatoms. The van der Waals surface area contributed by atoms with Gasteiger partial charge in [0.2, 0.25) is 5.88 Å². The predicted octanol–water partition coefficient (Wildman–Crippen LogP) is 1.10. The Bertz CT molecular complexity index is 375. The molecule has 1 aliphatic carbocycles. The largest absolute Gasteiger partial charge is 0.473 e. The van der Waals surface area contributed by atoms with Gasteiger partial charge in [-0.1, -0.05) is 0 Å². The number of piperidine rings is 1. The summed E-state index contributed by atoms with van der Waals surface area (Å²) in [6, 6.07) is 0. The van der Waals surface area contributed by atoms with E-state index in [1.807, 2.05) is 0 Å². The molecule has 1 atom stereocenters. The highest BCUT2D eigenvalue weighted by molar-refractivity contribution is 5.33. The molecule has 0 saturated carbocycles. The second-order valence-corrected chi connectivity index (χ2v) is 4.54. The molecular formula is C12H17N3O. The average Bonchev–Trinajstić information content (AvgIpc) is 2.80. The molecule has 1 saturated heterocycles. The van der Waals surface area contributed by atoms with Gasteiger partial charge < -0.3 is 10.1 Å². The van der Waals surface area contributed by atoms with Gasteiger partial charge in [-0.25, -0.2) is 9.97 Å². The van der Waals surface area contributed by atoms with Gasteiger partial charge in [-0.2, -0.15) is 0 Å². The lowest BCUT2D eigenvalue weighted by atomic mass is 10.1. The molecule has 3 rings (SSSR count). The first-order valence-corrected chi connectivity index (χ1v) is 6.13. The average molecular weight is 219 g/mol. The highest BCUT2D eigenvalue weighted by Gasteiger charge is 2.21. The van der Waals surface area contributed by atoms with Crippen LogP contribution >= 0.6 is 0 Å². The molecule has 1 aromatic heterocycles. The van der Waals surface area contributed by atoms with Crippen molar-refractivity contribution in [2.45, 2.75) is 38.2 Å². The zero-order valence-corrected chi connectivity index (χ0v) is 9.41. The Balaban J connectivity index is 1.76. The minimum atomic E-state index is 0.286. The third-order valence-electron chi connectivity index (χ3n) is 3.37. The molecule has 1 N–H and O–H groups in total. The molecule has 0 amide bonds. The molecule has 0 aromatic carbocycles. The molecule has 1 fully saturated rings. The number of rotatable bonds is 2. The number of ether oxygens (including phenoxy) is 1. The standard InChI is InChI=1S/C12H17N3O/c1-4-10-11(5-1)14-8-15-12(10)16-9-3-2-6-13-7-9/h8-9,13H,1-7H2. The Hall–Kier alpha value is -1.16. The van der Waals surface area contributed by atoms with Gasteiger partial charge in [0, 0.05) is 12.1 Å². The van der Waals surface area contributed by atoms with Gasteiger partial charge in [0.15, 0.2) is 0 Å². The van der Waals surface area contributed by atoms with Gasteiger partial charge in [0.25, 0.3) is 0 Å². The van der Waals surface area contributed by atoms with Crippen molar-refractivity contribution in [3.63, 3.8) is 0 Å². The van der Waals surface area contributed by atoms with Gasteiger partial charge in [0.05, 0.1) is 5.69 Å². The maximum Gasteiger partial charge on any atom is 0.220 e. The summed E-state index contributed by atoms with van der Waals surface area (Å²) in [5, 5.41) is 3.35. The summed E-state index contributed by atoms with van der Waals surface area (Å²) < 4.78 is 5.98. The summed E-state index contributed by atoms with van der Waals surface area (Å²) in [6.07, 6.45) is 7.59. The van der Waals surface area contributed by atoms with E-state index in [4.69, 9.17) is 4.74 Å². The predicted molar refractivity (Wildman–Crippen MR) is 60.6 cm³/mol. The quantitative estimate of drug-likeness (QED) is 0.809. The van der Waals surface area contributed by atoms with Crippen LogP contribution in [0.2, 0.25) is 0 Å². The second-order valence-electron chi connectivity index (χ2n) is 4.54. The van der Waals surface area contributed by atoms with Crippen LogP contribution < -0.4 is 10.1 Å². The Morgan fingerprint density at radius 1 is 1.25 bits per heavy atom. The smallest absolute Gasteiger partial charge is 0.220 e. The lowest BCUT2D eigenvalue weighted by Gasteiger charge is -2.24. The number of hydrogen-bond donors (Lipinski definition) is 1. The van der Waals surface area contributed by atoms with E-state index in [2.05, 4.69) is 15.3 Å². The third kappa shape index (κ3) is 1.89. The lowest BCUT2D eigenvalue weighted by molar-refractivity contribution is 0.158. The minimum Gasteiger partial charge on any atom is -0.473 e. The van der Waals surface area contributed by atoms with Crippen LogP contribution in [0.5, 0.6) is 5.88 Å². The first-order chi connectivity index (χ1) is 7.93. The van der Waals surface area contributed by atoms with E-state index in [0.29, 0.717) is 0 Å². The van der Waals surface area contributed by atoms with Gasteiger partial charge in [0.1, 0.15) is 12.4 Å². The Labute approximate surface area is 95.4 Å². The normalized spacial score (nSPS) is 24.1. The Morgan fingerprint density at radius 3 is 3.12 bits per heavy atom. The summed E-state index contributed by atoms with van der Waals surface area (Å²) in [5.41, 5.74) is 2.43. The lowest BCUT2D eigenvalue weighted by Crippen LogP contribution is -2.37.